The van der Waals surface area contributed by atoms with E-state index >= 15 is 0 Å². The lowest BCUT2D eigenvalue weighted by Gasteiger charge is -2.19. The Bertz CT molecular complexity index is 384. The van der Waals surface area contributed by atoms with Crippen LogP contribution in [0.4, 0.5) is 0 Å². The number of hydrogen-bond donors (Lipinski definition) is 1. The number of ether oxygens (including phenoxy) is 1. The van der Waals surface area contributed by atoms with Gasteiger partial charge in [-0.25, -0.2) is 4.98 Å². The topological polar surface area (TPSA) is 48.1 Å². The molecule has 0 bridgehead atoms. The third kappa shape index (κ3) is 2.21. The van der Waals surface area contributed by atoms with E-state index in [1.165, 1.54) is 10.5 Å². The number of nitrogens with zero attached hydrogens (tertiary/aromatic N) is 1. The van der Waals surface area contributed by atoms with Crippen molar-refractivity contribution in [1.29, 1.82) is 0 Å². The quantitative estimate of drug-likeness (QED) is 0.839. The highest BCUT2D eigenvalue weighted by molar-refractivity contribution is 7.11. The molecule has 0 aromatic carbocycles. The van der Waals surface area contributed by atoms with Gasteiger partial charge in [0.05, 0.1) is 29.6 Å². The predicted molar refractivity (Wildman–Crippen MR) is 61.8 cm³/mol. The van der Waals surface area contributed by atoms with E-state index < -0.39 is 0 Å². The van der Waals surface area contributed by atoms with Crippen LogP contribution in [0.1, 0.15) is 34.5 Å². The number of hydrogen-bond acceptors (Lipinski definition) is 4. The largest absolute Gasteiger partial charge is 0.501 e. The summed E-state index contributed by atoms with van der Waals surface area (Å²) in [7, 11) is 0. The standard InChI is InChI=1S/C11H16N2OS/c1-7-11(15-8(2)13-7)10(12)9-4-3-5-14-6-9/h6,10H,3-5,12H2,1-2H3. The van der Waals surface area contributed by atoms with Crippen LogP contribution < -0.4 is 5.73 Å². The lowest BCUT2D eigenvalue weighted by Crippen LogP contribution is -2.16. The van der Waals surface area contributed by atoms with E-state index in [9.17, 15) is 0 Å². The third-order valence-electron chi connectivity index (χ3n) is 2.58. The molecule has 1 aliphatic rings. The number of thiazole rings is 1. The van der Waals surface area contributed by atoms with Crippen molar-refractivity contribution in [2.75, 3.05) is 6.61 Å². The zero-order valence-electron chi connectivity index (χ0n) is 9.12. The lowest BCUT2D eigenvalue weighted by atomic mass is 10.0. The van der Waals surface area contributed by atoms with Gasteiger partial charge in [0, 0.05) is 4.88 Å². The fraction of sp³-hybridized carbons (Fsp3) is 0.545. The second-order valence-electron chi connectivity index (χ2n) is 3.83. The van der Waals surface area contributed by atoms with Crippen LogP contribution in [0.3, 0.4) is 0 Å². The summed E-state index contributed by atoms with van der Waals surface area (Å²) >= 11 is 1.68. The van der Waals surface area contributed by atoms with E-state index in [2.05, 4.69) is 4.98 Å². The van der Waals surface area contributed by atoms with Crippen molar-refractivity contribution in [2.24, 2.45) is 5.73 Å². The maximum absolute atomic E-state index is 6.21. The molecule has 0 radical (unpaired) electrons. The fourth-order valence-corrected chi connectivity index (χ4v) is 2.79. The zero-order chi connectivity index (χ0) is 10.8. The van der Waals surface area contributed by atoms with Gasteiger partial charge in [-0.15, -0.1) is 11.3 Å². The molecule has 0 saturated heterocycles. The monoisotopic (exact) mass is 224 g/mol. The second kappa shape index (κ2) is 4.33. The van der Waals surface area contributed by atoms with Crippen LogP contribution >= 0.6 is 11.3 Å². The summed E-state index contributed by atoms with van der Waals surface area (Å²) in [4.78, 5) is 5.57. The van der Waals surface area contributed by atoms with Crippen LogP contribution in [0.25, 0.3) is 0 Å². The summed E-state index contributed by atoms with van der Waals surface area (Å²) < 4.78 is 5.31. The van der Waals surface area contributed by atoms with Gasteiger partial charge in [-0.1, -0.05) is 0 Å². The average Bonchev–Trinajstić information content (AvgIpc) is 2.58. The van der Waals surface area contributed by atoms with Crippen molar-refractivity contribution in [3.05, 3.63) is 27.4 Å². The van der Waals surface area contributed by atoms with Crippen LogP contribution in [0.2, 0.25) is 0 Å². The Hall–Kier alpha value is -0.870. The van der Waals surface area contributed by atoms with Crippen molar-refractivity contribution < 1.29 is 4.74 Å². The molecule has 1 unspecified atom stereocenters. The Morgan fingerprint density at radius 2 is 2.33 bits per heavy atom. The normalized spacial score (nSPS) is 18.2. The van der Waals surface area contributed by atoms with E-state index in [4.69, 9.17) is 10.5 Å². The summed E-state index contributed by atoms with van der Waals surface area (Å²) in [5.41, 5.74) is 8.45. The van der Waals surface area contributed by atoms with Gasteiger partial charge in [0.25, 0.3) is 0 Å². The van der Waals surface area contributed by atoms with Gasteiger partial charge in [0.2, 0.25) is 0 Å². The maximum Gasteiger partial charge on any atom is 0.0900 e. The number of rotatable bonds is 2. The minimum absolute atomic E-state index is 0.0310. The number of aromatic nitrogens is 1. The Labute approximate surface area is 94.0 Å². The van der Waals surface area contributed by atoms with Gasteiger partial charge in [0.1, 0.15) is 0 Å². The summed E-state index contributed by atoms with van der Waals surface area (Å²) in [6.07, 6.45) is 3.93. The Morgan fingerprint density at radius 1 is 1.53 bits per heavy atom. The second-order valence-corrected chi connectivity index (χ2v) is 5.06. The van der Waals surface area contributed by atoms with Crippen LogP contribution in [-0.2, 0) is 4.74 Å². The van der Waals surface area contributed by atoms with E-state index in [1.54, 1.807) is 11.3 Å². The first kappa shape index (κ1) is 10.6. The van der Waals surface area contributed by atoms with E-state index in [-0.39, 0.29) is 6.04 Å². The van der Waals surface area contributed by atoms with Gasteiger partial charge in [-0.2, -0.15) is 0 Å². The smallest absolute Gasteiger partial charge is 0.0900 e. The Balaban J connectivity index is 2.23. The molecular formula is C11H16N2OS. The molecule has 1 aromatic rings. The molecule has 0 aliphatic carbocycles. The van der Waals surface area contributed by atoms with Gasteiger partial charge in [-0.3, -0.25) is 0 Å². The molecule has 2 rings (SSSR count). The first-order chi connectivity index (χ1) is 7.18. The highest BCUT2D eigenvalue weighted by atomic mass is 32.1. The summed E-state index contributed by atoms with van der Waals surface area (Å²) in [5, 5.41) is 1.08. The van der Waals surface area contributed by atoms with Crippen molar-refractivity contribution in [2.45, 2.75) is 32.7 Å². The van der Waals surface area contributed by atoms with Crippen molar-refractivity contribution in [1.82, 2.24) is 4.98 Å². The van der Waals surface area contributed by atoms with Gasteiger partial charge in [0.15, 0.2) is 0 Å². The minimum atomic E-state index is -0.0310. The van der Waals surface area contributed by atoms with E-state index in [0.717, 1.165) is 30.2 Å². The molecule has 15 heavy (non-hydrogen) atoms. The predicted octanol–water partition coefficient (Wildman–Crippen LogP) is 2.45. The summed E-state index contributed by atoms with van der Waals surface area (Å²) in [6.45, 7) is 4.85. The highest BCUT2D eigenvalue weighted by Crippen LogP contribution is 2.31. The lowest BCUT2D eigenvalue weighted by molar-refractivity contribution is 0.221. The van der Waals surface area contributed by atoms with E-state index in [1.807, 2.05) is 20.1 Å². The molecule has 0 fully saturated rings. The van der Waals surface area contributed by atoms with Gasteiger partial charge >= 0.3 is 0 Å². The number of aryl methyl sites for hydroxylation is 2. The Morgan fingerprint density at radius 3 is 2.87 bits per heavy atom. The molecule has 4 heteroatoms. The molecule has 1 atom stereocenters. The molecule has 1 aromatic heterocycles. The van der Waals surface area contributed by atoms with Crippen LogP contribution in [-0.4, -0.2) is 11.6 Å². The first-order valence-electron chi connectivity index (χ1n) is 5.18. The molecule has 82 valence electrons. The van der Waals surface area contributed by atoms with Crippen molar-refractivity contribution in [3.8, 4) is 0 Å². The molecule has 0 amide bonds. The first-order valence-corrected chi connectivity index (χ1v) is 6.00. The van der Waals surface area contributed by atoms with E-state index in [0.29, 0.717) is 0 Å². The van der Waals surface area contributed by atoms with Crippen LogP contribution in [0.15, 0.2) is 11.8 Å². The molecule has 2 N–H and O–H groups in total. The summed E-state index contributed by atoms with van der Waals surface area (Å²) in [5.74, 6) is 0. The molecule has 2 heterocycles. The SMILES string of the molecule is Cc1nc(C)c(C(N)C2=COCCC2)s1. The van der Waals surface area contributed by atoms with Gasteiger partial charge < -0.3 is 10.5 Å². The van der Waals surface area contributed by atoms with Crippen molar-refractivity contribution >= 4 is 11.3 Å². The Kier molecular flexibility index (Phi) is 3.07. The minimum Gasteiger partial charge on any atom is -0.501 e. The van der Waals surface area contributed by atoms with Crippen molar-refractivity contribution in [3.63, 3.8) is 0 Å². The molecule has 1 aliphatic heterocycles. The molecule has 0 saturated carbocycles. The fourth-order valence-electron chi connectivity index (χ4n) is 1.82. The molecule has 3 nitrogen and oxygen atoms in total. The highest BCUT2D eigenvalue weighted by Gasteiger charge is 2.19. The molecule has 0 spiro atoms. The maximum atomic E-state index is 6.21. The summed E-state index contributed by atoms with van der Waals surface area (Å²) in [6, 6.07) is -0.0310. The van der Waals surface area contributed by atoms with Crippen LogP contribution in [0, 0.1) is 13.8 Å². The molecular weight excluding hydrogens is 208 g/mol. The third-order valence-corrected chi connectivity index (χ3v) is 3.74. The van der Waals surface area contributed by atoms with Crippen LogP contribution in [0.5, 0.6) is 0 Å². The zero-order valence-corrected chi connectivity index (χ0v) is 9.93. The average molecular weight is 224 g/mol. The van der Waals surface area contributed by atoms with Gasteiger partial charge in [-0.05, 0) is 32.3 Å². The number of nitrogens with two attached hydrogens (primary N) is 1.